The number of hydrogen-bond acceptors (Lipinski definition) is 4. The van der Waals surface area contributed by atoms with Crippen LogP contribution in [0.2, 0.25) is 0 Å². The maximum Gasteiger partial charge on any atom is 0.225 e. The number of aryl methyl sites for hydroxylation is 1. The number of nitrogens with one attached hydrogen (secondary N) is 1. The molecule has 0 radical (unpaired) electrons. The van der Waals surface area contributed by atoms with Gasteiger partial charge in [0.2, 0.25) is 11.9 Å². The third kappa shape index (κ3) is 3.15. The highest BCUT2D eigenvalue weighted by Crippen LogP contribution is 2.15. The Morgan fingerprint density at radius 1 is 1.47 bits per heavy atom. The first-order valence-corrected chi connectivity index (χ1v) is 5.97. The molecule has 2 rings (SSSR count). The summed E-state index contributed by atoms with van der Waals surface area (Å²) in [5.74, 6) is 0.849. The van der Waals surface area contributed by atoms with Crippen molar-refractivity contribution in [2.24, 2.45) is 0 Å². The Morgan fingerprint density at radius 3 is 2.76 bits per heavy atom. The van der Waals surface area contributed by atoms with Gasteiger partial charge in [0.25, 0.3) is 0 Å². The Kier molecular flexibility index (Phi) is 3.56. The van der Waals surface area contributed by atoms with Crippen LogP contribution >= 0.6 is 0 Å². The third-order valence-electron chi connectivity index (χ3n) is 2.97. The highest BCUT2D eigenvalue weighted by atomic mass is 16.1. The fraction of sp³-hybridized carbons (Fsp3) is 0.583. The van der Waals surface area contributed by atoms with Crippen LogP contribution in [0.5, 0.6) is 0 Å². The summed E-state index contributed by atoms with van der Waals surface area (Å²) in [7, 11) is 0. The lowest BCUT2D eigenvalue weighted by molar-refractivity contribution is -0.119. The largest absolute Gasteiger partial charge is 0.353 e. The van der Waals surface area contributed by atoms with Gasteiger partial charge in [0.1, 0.15) is 0 Å². The zero-order chi connectivity index (χ0) is 12.3. The van der Waals surface area contributed by atoms with Crippen molar-refractivity contribution in [2.45, 2.75) is 32.7 Å². The molecule has 1 N–H and O–H groups in total. The van der Waals surface area contributed by atoms with E-state index < -0.39 is 0 Å². The van der Waals surface area contributed by atoms with Gasteiger partial charge in [-0.3, -0.25) is 4.79 Å². The lowest BCUT2D eigenvalue weighted by Gasteiger charge is -2.32. The lowest BCUT2D eigenvalue weighted by Crippen LogP contribution is -2.44. The predicted octanol–water partition coefficient (Wildman–Crippen LogP) is 0.890. The number of carbonyl (C=O) groups excluding carboxylic acids is 1. The molecule has 1 saturated heterocycles. The number of rotatable bonds is 2. The van der Waals surface area contributed by atoms with Crippen LogP contribution in [-0.2, 0) is 4.79 Å². The zero-order valence-corrected chi connectivity index (χ0v) is 10.3. The van der Waals surface area contributed by atoms with Crippen LogP contribution in [0, 0.1) is 6.92 Å². The van der Waals surface area contributed by atoms with E-state index in [0.717, 1.165) is 37.6 Å². The van der Waals surface area contributed by atoms with E-state index in [4.69, 9.17) is 0 Å². The van der Waals surface area contributed by atoms with Crippen LogP contribution < -0.4 is 10.2 Å². The van der Waals surface area contributed by atoms with E-state index >= 15 is 0 Å². The standard InChI is InChI=1S/C12H18N4O/c1-9-3-6-13-12(14-9)16-7-4-11(5-8-16)15-10(2)17/h3,6,11H,4-5,7-8H2,1-2H3,(H,15,17). The van der Waals surface area contributed by atoms with E-state index in [1.54, 1.807) is 13.1 Å². The van der Waals surface area contributed by atoms with Crippen molar-refractivity contribution in [3.63, 3.8) is 0 Å². The van der Waals surface area contributed by atoms with Crippen molar-refractivity contribution >= 4 is 11.9 Å². The smallest absolute Gasteiger partial charge is 0.225 e. The molecule has 1 aromatic heterocycles. The van der Waals surface area contributed by atoms with Gasteiger partial charge >= 0.3 is 0 Å². The van der Waals surface area contributed by atoms with Crippen molar-refractivity contribution < 1.29 is 4.79 Å². The Labute approximate surface area is 101 Å². The minimum Gasteiger partial charge on any atom is -0.353 e. The second-order valence-corrected chi connectivity index (χ2v) is 4.46. The molecular weight excluding hydrogens is 216 g/mol. The Bertz CT molecular complexity index is 399. The van der Waals surface area contributed by atoms with Gasteiger partial charge in [-0.15, -0.1) is 0 Å². The highest BCUT2D eigenvalue weighted by Gasteiger charge is 2.21. The number of anilines is 1. The number of amides is 1. The second kappa shape index (κ2) is 5.12. The van der Waals surface area contributed by atoms with Gasteiger partial charge in [-0.05, 0) is 25.8 Å². The number of aromatic nitrogens is 2. The average Bonchev–Trinajstić information content (AvgIpc) is 2.29. The molecule has 1 amide bonds. The summed E-state index contributed by atoms with van der Waals surface area (Å²) in [6, 6.07) is 2.20. The Balaban J connectivity index is 1.93. The molecule has 1 aromatic rings. The minimum absolute atomic E-state index is 0.0512. The molecule has 5 heteroatoms. The summed E-state index contributed by atoms with van der Waals surface area (Å²) < 4.78 is 0. The molecule has 0 unspecified atom stereocenters. The van der Waals surface area contributed by atoms with E-state index in [9.17, 15) is 4.79 Å². The normalized spacial score (nSPS) is 16.9. The fourth-order valence-electron chi connectivity index (χ4n) is 2.10. The van der Waals surface area contributed by atoms with Gasteiger partial charge in [-0.25, -0.2) is 9.97 Å². The first-order chi connectivity index (χ1) is 8.15. The van der Waals surface area contributed by atoms with E-state index in [2.05, 4.69) is 20.2 Å². The first-order valence-electron chi connectivity index (χ1n) is 5.97. The van der Waals surface area contributed by atoms with Crippen LogP contribution in [0.3, 0.4) is 0 Å². The van der Waals surface area contributed by atoms with Crippen molar-refractivity contribution in [3.8, 4) is 0 Å². The number of nitrogens with zero attached hydrogens (tertiary/aromatic N) is 3. The van der Waals surface area contributed by atoms with Crippen LogP contribution in [0.1, 0.15) is 25.5 Å². The van der Waals surface area contributed by atoms with Crippen LogP contribution in [0.25, 0.3) is 0 Å². The molecule has 0 spiro atoms. The highest BCUT2D eigenvalue weighted by molar-refractivity contribution is 5.73. The zero-order valence-electron chi connectivity index (χ0n) is 10.3. The fourth-order valence-corrected chi connectivity index (χ4v) is 2.10. The van der Waals surface area contributed by atoms with Crippen LogP contribution in [0.4, 0.5) is 5.95 Å². The minimum atomic E-state index is 0.0512. The summed E-state index contributed by atoms with van der Waals surface area (Å²) >= 11 is 0. The molecule has 0 aliphatic carbocycles. The second-order valence-electron chi connectivity index (χ2n) is 4.46. The van der Waals surface area contributed by atoms with Crippen LogP contribution in [-0.4, -0.2) is 35.0 Å². The van der Waals surface area contributed by atoms with E-state index in [1.165, 1.54) is 0 Å². The van der Waals surface area contributed by atoms with Crippen LogP contribution in [0.15, 0.2) is 12.3 Å². The van der Waals surface area contributed by atoms with E-state index in [0.29, 0.717) is 6.04 Å². The molecule has 0 aromatic carbocycles. The average molecular weight is 234 g/mol. The summed E-state index contributed by atoms with van der Waals surface area (Å²) in [6.45, 7) is 5.33. The van der Waals surface area contributed by atoms with Gasteiger partial charge < -0.3 is 10.2 Å². The summed E-state index contributed by atoms with van der Waals surface area (Å²) in [5.41, 5.74) is 0.985. The van der Waals surface area contributed by atoms with Gasteiger partial charge in [0.15, 0.2) is 0 Å². The van der Waals surface area contributed by atoms with Gasteiger partial charge in [-0.2, -0.15) is 0 Å². The van der Waals surface area contributed by atoms with Crippen molar-refractivity contribution in [1.29, 1.82) is 0 Å². The van der Waals surface area contributed by atoms with Crippen molar-refractivity contribution in [1.82, 2.24) is 15.3 Å². The molecule has 5 nitrogen and oxygen atoms in total. The molecule has 1 fully saturated rings. The maximum absolute atomic E-state index is 11.0. The molecule has 92 valence electrons. The van der Waals surface area contributed by atoms with Gasteiger partial charge in [-0.1, -0.05) is 0 Å². The molecule has 2 heterocycles. The SMILES string of the molecule is CC(=O)NC1CCN(c2nccc(C)n2)CC1. The Morgan fingerprint density at radius 2 is 2.18 bits per heavy atom. The van der Waals surface area contributed by atoms with Crippen molar-refractivity contribution in [2.75, 3.05) is 18.0 Å². The molecular formula is C12H18N4O. The molecule has 1 aliphatic rings. The summed E-state index contributed by atoms with van der Waals surface area (Å²) in [4.78, 5) is 21.8. The summed E-state index contributed by atoms with van der Waals surface area (Å²) in [6.07, 6.45) is 3.70. The van der Waals surface area contributed by atoms with E-state index in [-0.39, 0.29) is 5.91 Å². The van der Waals surface area contributed by atoms with Crippen molar-refractivity contribution in [3.05, 3.63) is 18.0 Å². The Hall–Kier alpha value is -1.65. The predicted molar refractivity (Wildman–Crippen MR) is 65.8 cm³/mol. The van der Waals surface area contributed by atoms with Gasteiger partial charge in [0.05, 0.1) is 0 Å². The molecule has 1 aliphatic heterocycles. The first kappa shape index (κ1) is 11.8. The molecule has 17 heavy (non-hydrogen) atoms. The maximum atomic E-state index is 11.0. The third-order valence-corrected chi connectivity index (χ3v) is 2.97. The molecule has 0 saturated carbocycles. The van der Waals surface area contributed by atoms with Gasteiger partial charge in [0, 0.05) is 37.9 Å². The lowest BCUT2D eigenvalue weighted by atomic mass is 10.1. The number of carbonyl (C=O) groups is 1. The molecule has 0 atom stereocenters. The van der Waals surface area contributed by atoms with E-state index in [1.807, 2.05) is 13.0 Å². The topological polar surface area (TPSA) is 58.1 Å². The quantitative estimate of drug-likeness (QED) is 0.825. The number of piperidine rings is 1. The summed E-state index contributed by atoms with van der Waals surface area (Å²) in [5, 5.41) is 2.96. The molecule has 0 bridgehead atoms. The number of hydrogen-bond donors (Lipinski definition) is 1. The monoisotopic (exact) mass is 234 g/mol.